The van der Waals surface area contributed by atoms with E-state index in [1.54, 1.807) is 0 Å². The van der Waals surface area contributed by atoms with Crippen molar-refractivity contribution < 1.29 is 0 Å². The van der Waals surface area contributed by atoms with Crippen LogP contribution in [-0.2, 0) is 12.8 Å². The molecule has 0 fully saturated rings. The third-order valence-corrected chi connectivity index (χ3v) is 3.10. The Balaban J connectivity index is 0.000000686. The molecule has 0 amide bonds. The van der Waals surface area contributed by atoms with Gasteiger partial charge in [-0.25, -0.2) is 0 Å². The summed E-state index contributed by atoms with van der Waals surface area (Å²) >= 11 is 0. The maximum absolute atomic E-state index is 4.10. The molecule has 92 valence electrons. The Kier molecular flexibility index (Phi) is 4.56. The summed E-state index contributed by atoms with van der Waals surface area (Å²) < 4.78 is 0. The molecule has 1 aliphatic rings. The summed E-state index contributed by atoms with van der Waals surface area (Å²) in [6.07, 6.45) is 1.87. The van der Waals surface area contributed by atoms with Gasteiger partial charge in [0.1, 0.15) is 0 Å². The zero-order valence-electron chi connectivity index (χ0n) is 11.5. The summed E-state index contributed by atoms with van der Waals surface area (Å²) in [4.78, 5) is 2.11. The van der Waals surface area contributed by atoms with Crippen LogP contribution in [0.4, 0.5) is 0 Å². The van der Waals surface area contributed by atoms with Gasteiger partial charge in [0.25, 0.3) is 0 Å². The van der Waals surface area contributed by atoms with E-state index >= 15 is 0 Å². The highest BCUT2D eigenvalue weighted by Crippen LogP contribution is 2.25. The first kappa shape index (κ1) is 13.6. The molecule has 0 bridgehead atoms. The third-order valence-electron chi connectivity index (χ3n) is 3.10. The van der Waals surface area contributed by atoms with Gasteiger partial charge in [-0.3, -0.25) is 0 Å². The molecular formula is C16H23N. The fourth-order valence-corrected chi connectivity index (χ4v) is 1.99. The average molecular weight is 229 g/mol. The molecule has 0 atom stereocenters. The maximum Gasteiger partial charge on any atom is 0.0145 e. The SMILES string of the molecule is C=C1Cc2ccc(C)cc2CC(=C)N1C.CC. The molecule has 1 aliphatic heterocycles. The van der Waals surface area contributed by atoms with Crippen LogP contribution >= 0.6 is 0 Å². The summed E-state index contributed by atoms with van der Waals surface area (Å²) in [5.41, 5.74) is 6.35. The summed E-state index contributed by atoms with van der Waals surface area (Å²) in [5, 5.41) is 0. The number of benzene rings is 1. The van der Waals surface area contributed by atoms with Crippen molar-refractivity contribution in [1.29, 1.82) is 0 Å². The van der Waals surface area contributed by atoms with Crippen LogP contribution in [0, 0.1) is 6.92 Å². The fraction of sp³-hybridized carbons (Fsp3) is 0.375. The Bertz CT molecular complexity index is 429. The van der Waals surface area contributed by atoms with E-state index in [1.807, 2.05) is 20.9 Å². The van der Waals surface area contributed by atoms with Crippen molar-refractivity contribution in [2.45, 2.75) is 33.6 Å². The predicted molar refractivity (Wildman–Crippen MR) is 76.0 cm³/mol. The minimum Gasteiger partial charge on any atom is -0.352 e. The molecule has 1 nitrogen and oxygen atoms in total. The lowest BCUT2D eigenvalue weighted by atomic mass is 9.99. The summed E-state index contributed by atoms with van der Waals surface area (Å²) in [6.45, 7) is 14.3. The maximum atomic E-state index is 4.10. The van der Waals surface area contributed by atoms with Gasteiger partial charge in [-0.05, 0) is 18.1 Å². The van der Waals surface area contributed by atoms with Crippen LogP contribution < -0.4 is 0 Å². The van der Waals surface area contributed by atoms with Gasteiger partial charge in [0, 0.05) is 31.3 Å². The minimum atomic E-state index is 0.936. The number of nitrogens with zero attached hydrogens (tertiary/aromatic N) is 1. The predicted octanol–water partition coefficient (Wildman–Crippen LogP) is 4.08. The minimum absolute atomic E-state index is 0.936. The number of fused-ring (bicyclic) bond motifs is 1. The van der Waals surface area contributed by atoms with Crippen molar-refractivity contribution in [2.75, 3.05) is 7.05 Å². The summed E-state index contributed by atoms with van der Waals surface area (Å²) in [7, 11) is 2.05. The highest BCUT2D eigenvalue weighted by molar-refractivity contribution is 5.38. The van der Waals surface area contributed by atoms with Crippen LogP contribution in [0.5, 0.6) is 0 Å². The molecular weight excluding hydrogens is 206 g/mol. The van der Waals surface area contributed by atoms with Crippen molar-refractivity contribution in [3.63, 3.8) is 0 Å². The van der Waals surface area contributed by atoms with E-state index in [4.69, 9.17) is 0 Å². The Morgan fingerprint density at radius 2 is 1.53 bits per heavy atom. The molecule has 0 saturated heterocycles. The number of hydrogen-bond acceptors (Lipinski definition) is 1. The van der Waals surface area contributed by atoms with E-state index in [2.05, 4.69) is 43.2 Å². The quantitative estimate of drug-likeness (QED) is 0.648. The molecule has 1 heteroatoms. The number of likely N-dealkylation sites (N-methyl/N-ethyl adjacent to an activating group) is 1. The van der Waals surface area contributed by atoms with Crippen molar-refractivity contribution in [3.8, 4) is 0 Å². The zero-order valence-corrected chi connectivity index (χ0v) is 11.5. The van der Waals surface area contributed by atoms with Crippen LogP contribution in [0.1, 0.15) is 30.5 Å². The molecule has 1 aromatic carbocycles. The first-order valence-corrected chi connectivity index (χ1v) is 6.25. The smallest absolute Gasteiger partial charge is 0.0145 e. The van der Waals surface area contributed by atoms with Crippen molar-refractivity contribution in [2.24, 2.45) is 0 Å². The van der Waals surface area contributed by atoms with Gasteiger partial charge in [0.15, 0.2) is 0 Å². The van der Waals surface area contributed by atoms with Gasteiger partial charge in [0.2, 0.25) is 0 Å². The van der Waals surface area contributed by atoms with Gasteiger partial charge >= 0.3 is 0 Å². The summed E-state index contributed by atoms with van der Waals surface area (Å²) in [6, 6.07) is 6.63. The lowest BCUT2D eigenvalue weighted by molar-refractivity contribution is 0.507. The van der Waals surface area contributed by atoms with E-state index in [1.165, 1.54) is 16.7 Å². The van der Waals surface area contributed by atoms with Crippen molar-refractivity contribution in [3.05, 3.63) is 59.4 Å². The van der Waals surface area contributed by atoms with Crippen molar-refractivity contribution in [1.82, 2.24) is 4.90 Å². The number of aryl methyl sites for hydroxylation is 1. The molecule has 0 spiro atoms. The van der Waals surface area contributed by atoms with Crippen LogP contribution in [0.25, 0.3) is 0 Å². The van der Waals surface area contributed by atoms with E-state index in [9.17, 15) is 0 Å². The van der Waals surface area contributed by atoms with Gasteiger partial charge in [-0.15, -0.1) is 0 Å². The molecule has 0 N–H and O–H groups in total. The second kappa shape index (κ2) is 5.72. The fourth-order valence-electron chi connectivity index (χ4n) is 1.99. The second-order valence-corrected chi connectivity index (χ2v) is 4.32. The lowest BCUT2D eigenvalue weighted by Crippen LogP contribution is -2.15. The first-order chi connectivity index (χ1) is 8.08. The van der Waals surface area contributed by atoms with E-state index in [-0.39, 0.29) is 0 Å². The molecule has 0 unspecified atom stereocenters. The van der Waals surface area contributed by atoms with E-state index in [0.717, 1.165) is 24.2 Å². The van der Waals surface area contributed by atoms with Gasteiger partial charge in [0.05, 0.1) is 0 Å². The molecule has 0 aromatic heterocycles. The lowest BCUT2D eigenvalue weighted by Gasteiger charge is -2.20. The molecule has 0 saturated carbocycles. The Morgan fingerprint density at radius 3 is 2.12 bits per heavy atom. The largest absolute Gasteiger partial charge is 0.352 e. The molecule has 17 heavy (non-hydrogen) atoms. The highest BCUT2D eigenvalue weighted by atomic mass is 15.1. The number of hydrogen-bond donors (Lipinski definition) is 0. The second-order valence-electron chi connectivity index (χ2n) is 4.32. The molecule has 1 heterocycles. The normalized spacial score (nSPS) is 14.7. The van der Waals surface area contributed by atoms with Gasteiger partial charge in [-0.2, -0.15) is 0 Å². The number of rotatable bonds is 0. The number of allylic oxidation sites excluding steroid dienone is 2. The zero-order chi connectivity index (χ0) is 13.0. The Labute approximate surface area is 105 Å². The topological polar surface area (TPSA) is 3.24 Å². The molecule has 0 radical (unpaired) electrons. The molecule has 0 aliphatic carbocycles. The van der Waals surface area contributed by atoms with Crippen molar-refractivity contribution >= 4 is 0 Å². The highest BCUT2D eigenvalue weighted by Gasteiger charge is 2.15. The third kappa shape index (κ3) is 3.00. The standard InChI is InChI=1S/C14H17N.C2H6/c1-10-5-6-13-8-11(2)15(4)12(3)9-14(13)7-10;1-2/h5-7H,2-3,8-9H2,1,4H3;1-2H3. The molecule has 2 rings (SSSR count). The van der Waals surface area contributed by atoms with E-state index < -0.39 is 0 Å². The van der Waals surface area contributed by atoms with Crippen LogP contribution in [0.2, 0.25) is 0 Å². The monoisotopic (exact) mass is 229 g/mol. The first-order valence-electron chi connectivity index (χ1n) is 6.25. The van der Waals surface area contributed by atoms with E-state index in [0.29, 0.717) is 0 Å². The van der Waals surface area contributed by atoms with Crippen LogP contribution in [-0.4, -0.2) is 11.9 Å². The average Bonchev–Trinajstić information content (AvgIpc) is 2.42. The molecule has 1 aromatic rings. The van der Waals surface area contributed by atoms with Crippen LogP contribution in [0.15, 0.2) is 42.8 Å². The Hall–Kier alpha value is -1.50. The summed E-state index contributed by atoms with van der Waals surface area (Å²) in [5.74, 6) is 0. The van der Waals surface area contributed by atoms with Gasteiger partial charge < -0.3 is 4.90 Å². The van der Waals surface area contributed by atoms with Gasteiger partial charge in [-0.1, -0.05) is 50.8 Å². The van der Waals surface area contributed by atoms with Crippen LogP contribution in [0.3, 0.4) is 0 Å². The Morgan fingerprint density at radius 1 is 1.00 bits per heavy atom.